The molecule has 0 atom stereocenters. The number of nitrogens with two attached hydrogens (primary N) is 1. The highest BCUT2D eigenvalue weighted by atomic mass is 32.2. The van der Waals surface area contributed by atoms with Crippen LogP contribution in [-0.4, -0.2) is 28.9 Å². The van der Waals surface area contributed by atoms with Crippen molar-refractivity contribution in [3.05, 3.63) is 0 Å². The summed E-state index contributed by atoms with van der Waals surface area (Å²) in [4.78, 5) is 0. The van der Waals surface area contributed by atoms with Crippen LogP contribution in [0, 0.1) is 0 Å². The van der Waals surface area contributed by atoms with Gasteiger partial charge < -0.3 is 10.5 Å². The molecule has 0 saturated carbocycles. The number of nitrogen functional groups attached to an aromatic ring is 1. The van der Waals surface area contributed by atoms with Crippen molar-refractivity contribution in [2.24, 2.45) is 0 Å². The smallest absolute Gasteiger partial charge is 0.374 e. The molecule has 0 aromatic carbocycles. The van der Waals surface area contributed by atoms with E-state index in [9.17, 15) is 13.2 Å². The third kappa shape index (κ3) is 4.63. The van der Waals surface area contributed by atoms with E-state index in [2.05, 4.69) is 14.9 Å². The summed E-state index contributed by atoms with van der Waals surface area (Å²) in [5.41, 5.74) is 5.26. The number of anilines is 1. The van der Waals surface area contributed by atoms with Gasteiger partial charge >= 0.3 is 6.18 Å². The minimum Gasteiger partial charge on any atom is -0.374 e. The molecule has 4 nitrogen and oxygen atoms in total. The Morgan fingerprint density at radius 3 is 2.64 bits per heavy atom. The van der Waals surface area contributed by atoms with Crippen molar-refractivity contribution < 1.29 is 17.9 Å². The number of alkyl halides is 3. The van der Waals surface area contributed by atoms with Gasteiger partial charge in [0.05, 0.1) is 5.94 Å². The minimum absolute atomic E-state index is 0.117. The Labute approximate surface area is 85.6 Å². The predicted molar refractivity (Wildman–Crippen MR) is 47.1 cm³/mol. The molecular weight excluding hydrogens is 239 g/mol. The van der Waals surface area contributed by atoms with Crippen molar-refractivity contribution in [2.75, 3.05) is 18.3 Å². The predicted octanol–water partition coefficient (Wildman–Crippen LogP) is 1.75. The normalized spacial score (nSPS) is 11.9. The summed E-state index contributed by atoms with van der Waals surface area (Å²) in [6.45, 7) is -1.26. The minimum atomic E-state index is -4.29. The zero-order valence-corrected chi connectivity index (χ0v) is 8.38. The summed E-state index contributed by atoms with van der Waals surface area (Å²) >= 11 is 2.13. The fraction of sp³-hybridized carbons (Fsp3) is 0.600. The van der Waals surface area contributed by atoms with Crippen LogP contribution >= 0.6 is 23.1 Å². The van der Waals surface area contributed by atoms with E-state index in [-0.39, 0.29) is 11.1 Å². The summed E-state index contributed by atoms with van der Waals surface area (Å²) in [5, 5.41) is 7.37. The summed E-state index contributed by atoms with van der Waals surface area (Å²) in [5.74, 6) is -0.117. The largest absolute Gasteiger partial charge is 0.411 e. The summed E-state index contributed by atoms with van der Waals surface area (Å²) in [7, 11) is 0. The molecule has 0 spiro atoms. The standard InChI is InChI=1S/C5H6F3N3OS2/c6-5(7,8)1-12-2-13-4-11-10-3(9)14-4/h1-2H2,(H2,9,10). The molecule has 0 bridgehead atoms. The van der Waals surface area contributed by atoms with Gasteiger partial charge in [0.2, 0.25) is 5.13 Å². The average molecular weight is 245 g/mol. The van der Waals surface area contributed by atoms with E-state index in [1.54, 1.807) is 0 Å². The van der Waals surface area contributed by atoms with Crippen molar-refractivity contribution >= 4 is 28.2 Å². The molecule has 0 unspecified atom stereocenters. The van der Waals surface area contributed by atoms with Gasteiger partial charge in [0.1, 0.15) is 6.61 Å². The Morgan fingerprint density at radius 1 is 1.43 bits per heavy atom. The molecule has 0 aliphatic heterocycles. The zero-order chi connectivity index (χ0) is 10.6. The summed E-state index contributed by atoms with van der Waals surface area (Å²) in [6.07, 6.45) is -4.29. The first-order valence-electron chi connectivity index (χ1n) is 3.33. The van der Waals surface area contributed by atoms with Crippen molar-refractivity contribution in [1.82, 2.24) is 10.2 Å². The van der Waals surface area contributed by atoms with E-state index >= 15 is 0 Å². The molecule has 1 aromatic rings. The van der Waals surface area contributed by atoms with E-state index in [0.29, 0.717) is 4.34 Å². The number of hydrogen-bond acceptors (Lipinski definition) is 6. The first kappa shape index (κ1) is 11.5. The number of thioether (sulfide) groups is 1. The van der Waals surface area contributed by atoms with Crippen LogP contribution in [0.25, 0.3) is 0 Å². The number of aromatic nitrogens is 2. The lowest BCUT2D eigenvalue weighted by Crippen LogP contribution is -2.16. The van der Waals surface area contributed by atoms with E-state index in [0.717, 1.165) is 23.1 Å². The van der Waals surface area contributed by atoms with Gasteiger partial charge in [0.25, 0.3) is 0 Å². The number of halogens is 3. The Morgan fingerprint density at radius 2 is 2.14 bits per heavy atom. The SMILES string of the molecule is Nc1nnc(SCOCC(F)(F)F)s1. The lowest BCUT2D eigenvalue weighted by atomic mass is 10.7. The van der Waals surface area contributed by atoms with Gasteiger partial charge in [-0.15, -0.1) is 10.2 Å². The van der Waals surface area contributed by atoms with Crippen LogP contribution in [0.5, 0.6) is 0 Å². The van der Waals surface area contributed by atoms with E-state index < -0.39 is 12.8 Å². The van der Waals surface area contributed by atoms with Crippen LogP contribution in [0.2, 0.25) is 0 Å². The number of hydrogen-bond donors (Lipinski definition) is 1. The van der Waals surface area contributed by atoms with Gasteiger partial charge in [-0.05, 0) is 0 Å². The fourth-order valence-electron chi connectivity index (χ4n) is 0.528. The van der Waals surface area contributed by atoms with Crippen LogP contribution in [-0.2, 0) is 4.74 Å². The highest BCUT2D eigenvalue weighted by Crippen LogP contribution is 2.24. The maximum Gasteiger partial charge on any atom is 0.411 e. The maximum atomic E-state index is 11.6. The second kappa shape index (κ2) is 4.80. The Kier molecular flexibility index (Phi) is 3.96. The lowest BCUT2D eigenvalue weighted by molar-refractivity contribution is -0.168. The molecule has 0 aliphatic carbocycles. The number of rotatable bonds is 4. The molecule has 0 fully saturated rings. The molecular formula is C5H6F3N3OS2. The van der Waals surface area contributed by atoms with Crippen LogP contribution in [0.4, 0.5) is 18.3 Å². The van der Waals surface area contributed by atoms with Crippen LogP contribution in [0.3, 0.4) is 0 Å². The molecule has 0 saturated heterocycles. The fourth-order valence-corrected chi connectivity index (χ4v) is 1.87. The van der Waals surface area contributed by atoms with Gasteiger partial charge in [0, 0.05) is 0 Å². The third-order valence-corrected chi connectivity index (χ3v) is 2.72. The number of ether oxygens (including phenoxy) is 1. The molecule has 1 rings (SSSR count). The van der Waals surface area contributed by atoms with Crippen molar-refractivity contribution in [2.45, 2.75) is 10.5 Å². The topological polar surface area (TPSA) is 61.0 Å². The summed E-state index contributed by atoms with van der Waals surface area (Å²) < 4.78 is 39.7. The quantitative estimate of drug-likeness (QED) is 0.497. The molecule has 1 aromatic heterocycles. The Bertz CT molecular complexity index is 290. The first-order chi connectivity index (χ1) is 6.47. The molecule has 1 heterocycles. The average Bonchev–Trinajstić information content (AvgIpc) is 2.44. The second-order valence-corrected chi connectivity index (χ2v) is 4.31. The summed E-state index contributed by atoms with van der Waals surface area (Å²) in [6, 6.07) is 0. The van der Waals surface area contributed by atoms with Gasteiger partial charge in [-0.1, -0.05) is 23.1 Å². The van der Waals surface area contributed by atoms with Crippen molar-refractivity contribution in [3.8, 4) is 0 Å². The second-order valence-electron chi connectivity index (χ2n) is 2.13. The number of nitrogens with zero attached hydrogens (tertiary/aromatic N) is 2. The van der Waals surface area contributed by atoms with E-state index in [1.807, 2.05) is 0 Å². The monoisotopic (exact) mass is 245 g/mol. The molecule has 9 heteroatoms. The van der Waals surface area contributed by atoms with Gasteiger partial charge in [-0.3, -0.25) is 0 Å². The molecule has 0 amide bonds. The van der Waals surface area contributed by atoms with Gasteiger partial charge in [0.15, 0.2) is 4.34 Å². The molecule has 0 radical (unpaired) electrons. The Balaban J connectivity index is 2.16. The highest BCUT2D eigenvalue weighted by molar-refractivity contribution is 8.00. The molecule has 14 heavy (non-hydrogen) atoms. The third-order valence-electron chi connectivity index (χ3n) is 0.954. The van der Waals surface area contributed by atoms with Crippen LogP contribution in [0.1, 0.15) is 0 Å². The maximum absolute atomic E-state index is 11.6. The van der Waals surface area contributed by atoms with Gasteiger partial charge in [-0.2, -0.15) is 13.2 Å². The van der Waals surface area contributed by atoms with E-state index in [1.165, 1.54) is 0 Å². The van der Waals surface area contributed by atoms with Crippen molar-refractivity contribution in [3.63, 3.8) is 0 Å². The van der Waals surface area contributed by atoms with Crippen LogP contribution in [0.15, 0.2) is 4.34 Å². The molecule has 80 valence electrons. The first-order valence-corrected chi connectivity index (χ1v) is 5.14. The molecule has 2 N–H and O–H groups in total. The highest BCUT2D eigenvalue weighted by Gasteiger charge is 2.27. The Hall–Kier alpha value is -0.540. The van der Waals surface area contributed by atoms with E-state index in [4.69, 9.17) is 5.73 Å². The lowest BCUT2D eigenvalue weighted by Gasteiger charge is -2.05. The van der Waals surface area contributed by atoms with Crippen molar-refractivity contribution in [1.29, 1.82) is 0 Å². The van der Waals surface area contributed by atoms with Crippen LogP contribution < -0.4 is 5.73 Å². The molecule has 0 aliphatic rings. The zero-order valence-electron chi connectivity index (χ0n) is 6.74. The van der Waals surface area contributed by atoms with Gasteiger partial charge in [-0.25, -0.2) is 0 Å².